The van der Waals surface area contributed by atoms with E-state index in [9.17, 15) is 4.79 Å². The van der Waals surface area contributed by atoms with Crippen molar-refractivity contribution in [3.05, 3.63) is 30.6 Å². The molecule has 1 amide bonds. The lowest BCUT2D eigenvalue weighted by molar-refractivity contribution is 0.0185. The van der Waals surface area contributed by atoms with Crippen LogP contribution in [0, 0.1) is 0 Å². The van der Waals surface area contributed by atoms with Crippen LogP contribution in [-0.2, 0) is 11.3 Å². The van der Waals surface area contributed by atoms with Crippen LogP contribution in [0.5, 0.6) is 0 Å². The van der Waals surface area contributed by atoms with E-state index in [1.807, 2.05) is 37.8 Å². The molecule has 0 bridgehead atoms. The van der Waals surface area contributed by atoms with E-state index < -0.39 is 5.60 Å². The molecule has 25 heavy (non-hydrogen) atoms. The first-order valence-corrected chi connectivity index (χ1v) is 8.65. The number of ether oxygens (including phenoxy) is 1. The number of nitrogens with zero attached hydrogens (tertiary/aromatic N) is 4. The first-order chi connectivity index (χ1) is 11.9. The second kappa shape index (κ2) is 7.16. The van der Waals surface area contributed by atoms with Gasteiger partial charge in [-0.25, -0.2) is 9.78 Å². The van der Waals surface area contributed by atoms with Crippen molar-refractivity contribution in [2.75, 3.05) is 18.4 Å². The zero-order chi connectivity index (χ0) is 17.9. The summed E-state index contributed by atoms with van der Waals surface area (Å²) < 4.78 is 7.42. The Kier molecular flexibility index (Phi) is 4.96. The van der Waals surface area contributed by atoms with Gasteiger partial charge in [-0.2, -0.15) is 5.10 Å². The summed E-state index contributed by atoms with van der Waals surface area (Å²) in [6.07, 6.45) is 8.89. The molecule has 0 atom stereocenters. The number of nitrogens with one attached hydrogen (secondary N) is 2. The molecule has 2 aromatic heterocycles. The van der Waals surface area contributed by atoms with Crippen molar-refractivity contribution < 1.29 is 9.53 Å². The number of piperidine rings is 1. The summed E-state index contributed by atoms with van der Waals surface area (Å²) in [5, 5.41) is 7.76. The van der Waals surface area contributed by atoms with E-state index >= 15 is 0 Å². The van der Waals surface area contributed by atoms with Crippen LogP contribution in [0.3, 0.4) is 0 Å². The van der Waals surface area contributed by atoms with E-state index in [2.05, 4.69) is 20.4 Å². The topological polar surface area (TPSA) is 88.1 Å². The standard InChI is InChI=1S/C17H26N6O2/c1-17(2,3)25-16(24)22-8-4-14(5-9-22)23-12-13(10-21-23)20-11-15-18-6-7-19-15/h6-7,10,12,14,20H,4-5,8-9,11H2,1-3H3,(H,18,19). The van der Waals surface area contributed by atoms with E-state index in [4.69, 9.17) is 4.74 Å². The maximum Gasteiger partial charge on any atom is 0.410 e. The molecule has 3 rings (SSSR count). The smallest absolute Gasteiger partial charge is 0.410 e. The highest BCUT2D eigenvalue weighted by Gasteiger charge is 2.27. The minimum absolute atomic E-state index is 0.229. The highest BCUT2D eigenvalue weighted by atomic mass is 16.6. The average Bonchev–Trinajstić information content (AvgIpc) is 3.23. The Morgan fingerprint density at radius 1 is 1.40 bits per heavy atom. The van der Waals surface area contributed by atoms with E-state index in [-0.39, 0.29) is 6.09 Å². The number of amides is 1. The van der Waals surface area contributed by atoms with E-state index in [0.717, 1.165) is 24.4 Å². The van der Waals surface area contributed by atoms with Gasteiger partial charge < -0.3 is 19.9 Å². The Bertz CT molecular complexity index is 680. The SMILES string of the molecule is CC(C)(C)OC(=O)N1CCC(n2cc(NCc3ncc[nH]3)cn2)CC1. The second-order valence-electron chi connectivity index (χ2n) is 7.30. The number of carbonyl (C=O) groups is 1. The largest absolute Gasteiger partial charge is 0.444 e. The van der Waals surface area contributed by atoms with Crippen molar-refractivity contribution in [1.82, 2.24) is 24.6 Å². The van der Waals surface area contributed by atoms with Crippen LogP contribution >= 0.6 is 0 Å². The molecule has 0 unspecified atom stereocenters. The molecular weight excluding hydrogens is 320 g/mol. The van der Waals surface area contributed by atoms with Crippen LogP contribution in [0.1, 0.15) is 45.5 Å². The van der Waals surface area contributed by atoms with E-state index in [0.29, 0.717) is 25.7 Å². The van der Waals surface area contributed by atoms with Crippen molar-refractivity contribution in [2.45, 2.75) is 51.8 Å². The number of hydrogen-bond acceptors (Lipinski definition) is 5. The Labute approximate surface area is 147 Å². The highest BCUT2D eigenvalue weighted by molar-refractivity contribution is 5.68. The Morgan fingerprint density at radius 3 is 2.80 bits per heavy atom. The summed E-state index contributed by atoms with van der Waals surface area (Å²) in [5.41, 5.74) is 0.510. The zero-order valence-corrected chi connectivity index (χ0v) is 15.0. The number of aromatic amines is 1. The Morgan fingerprint density at radius 2 is 2.16 bits per heavy atom. The number of H-pyrrole nitrogens is 1. The molecule has 1 saturated heterocycles. The molecule has 3 heterocycles. The first-order valence-electron chi connectivity index (χ1n) is 8.65. The lowest BCUT2D eigenvalue weighted by Crippen LogP contribution is -2.42. The summed E-state index contributed by atoms with van der Waals surface area (Å²) >= 11 is 0. The monoisotopic (exact) mass is 346 g/mol. The predicted molar refractivity (Wildman–Crippen MR) is 94.2 cm³/mol. The average molecular weight is 346 g/mol. The molecule has 0 saturated carbocycles. The van der Waals surface area contributed by atoms with Crippen molar-refractivity contribution in [3.8, 4) is 0 Å². The van der Waals surface area contributed by atoms with Crippen molar-refractivity contribution in [3.63, 3.8) is 0 Å². The van der Waals surface area contributed by atoms with E-state index in [1.165, 1.54) is 0 Å². The molecule has 0 radical (unpaired) electrons. The van der Waals surface area contributed by atoms with Gasteiger partial charge in [0.25, 0.3) is 0 Å². The second-order valence-corrected chi connectivity index (χ2v) is 7.30. The van der Waals surface area contributed by atoms with Crippen LogP contribution in [0.4, 0.5) is 10.5 Å². The molecule has 1 aliphatic heterocycles. The summed E-state index contributed by atoms with van der Waals surface area (Å²) in [7, 11) is 0. The van der Waals surface area contributed by atoms with Gasteiger partial charge in [-0.1, -0.05) is 0 Å². The first kappa shape index (κ1) is 17.3. The third-order valence-electron chi connectivity index (χ3n) is 4.11. The molecule has 1 fully saturated rings. The fourth-order valence-corrected chi connectivity index (χ4v) is 2.85. The lowest BCUT2D eigenvalue weighted by atomic mass is 10.1. The normalized spacial score (nSPS) is 16.0. The highest BCUT2D eigenvalue weighted by Crippen LogP contribution is 2.24. The van der Waals surface area contributed by atoms with Gasteiger partial charge in [0.2, 0.25) is 0 Å². The number of imidazole rings is 1. The number of likely N-dealkylation sites (tertiary alicyclic amines) is 1. The molecule has 8 nitrogen and oxygen atoms in total. The molecule has 2 aromatic rings. The van der Waals surface area contributed by atoms with Gasteiger partial charge in [0, 0.05) is 31.7 Å². The molecule has 8 heteroatoms. The lowest BCUT2D eigenvalue weighted by Gasteiger charge is -2.33. The maximum absolute atomic E-state index is 12.1. The van der Waals surface area contributed by atoms with E-state index in [1.54, 1.807) is 17.3 Å². The summed E-state index contributed by atoms with van der Waals surface area (Å²) in [6.45, 7) is 7.68. The third-order valence-corrected chi connectivity index (χ3v) is 4.11. The molecule has 136 valence electrons. The number of aromatic nitrogens is 4. The van der Waals surface area contributed by atoms with Crippen molar-refractivity contribution in [2.24, 2.45) is 0 Å². The van der Waals surface area contributed by atoms with Crippen LogP contribution in [-0.4, -0.2) is 49.4 Å². The molecular formula is C17H26N6O2. The van der Waals surface area contributed by atoms with Gasteiger partial charge in [-0.15, -0.1) is 0 Å². The minimum atomic E-state index is -0.454. The van der Waals surface area contributed by atoms with Gasteiger partial charge in [0.15, 0.2) is 0 Å². The predicted octanol–water partition coefficient (Wildman–Crippen LogP) is 2.79. The summed E-state index contributed by atoms with van der Waals surface area (Å²) in [5.74, 6) is 0.887. The van der Waals surface area contributed by atoms with Gasteiger partial charge in [-0.3, -0.25) is 4.68 Å². The molecule has 0 aliphatic carbocycles. The van der Waals surface area contributed by atoms with Gasteiger partial charge in [-0.05, 0) is 33.6 Å². The molecule has 0 spiro atoms. The minimum Gasteiger partial charge on any atom is -0.444 e. The van der Waals surface area contributed by atoms with Gasteiger partial charge in [0.05, 0.1) is 24.5 Å². The summed E-state index contributed by atoms with van der Waals surface area (Å²) in [4.78, 5) is 21.1. The maximum atomic E-state index is 12.1. The Balaban J connectivity index is 1.49. The third kappa shape index (κ3) is 4.74. The number of hydrogen-bond donors (Lipinski definition) is 2. The van der Waals surface area contributed by atoms with Crippen molar-refractivity contribution >= 4 is 11.8 Å². The zero-order valence-electron chi connectivity index (χ0n) is 15.0. The fourth-order valence-electron chi connectivity index (χ4n) is 2.85. The quantitative estimate of drug-likeness (QED) is 0.889. The van der Waals surface area contributed by atoms with Crippen LogP contribution in [0.2, 0.25) is 0 Å². The van der Waals surface area contributed by atoms with Crippen LogP contribution < -0.4 is 5.32 Å². The molecule has 0 aromatic carbocycles. The number of carbonyl (C=O) groups excluding carboxylic acids is 1. The van der Waals surface area contributed by atoms with Gasteiger partial charge >= 0.3 is 6.09 Å². The van der Waals surface area contributed by atoms with Crippen LogP contribution in [0.25, 0.3) is 0 Å². The van der Waals surface area contributed by atoms with Crippen molar-refractivity contribution in [1.29, 1.82) is 0 Å². The Hall–Kier alpha value is -2.51. The molecule has 2 N–H and O–H groups in total. The summed E-state index contributed by atoms with van der Waals surface area (Å²) in [6, 6.07) is 0.304. The van der Waals surface area contributed by atoms with Gasteiger partial charge in [0.1, 0.15) is 11.4 Å². The molecule has 1 aliphatic rings. The number of anilines is 1. The fraction of sp³-hybridized carbons (Fsp3) is 0.588. The van der Waals surface area contributed by atoms with Crippen LogP contribution in [0.15, 0.2) is 24.8 Å². The number of rotatable bonds is 4.